The average Bonchev–Trinajstić information content (AvgIpc) is 2.96. The second-order valence-corrected chi connectivity index (χ2v) is 5.82. The number of pyridine rings is 1. The number of hydrogen-bond acceptors (Lipinski definition) is 5. The fourth-order valence-corrected chi connectivity index (χ4v) is 2.72. The molecule has 0 radical (unpaired) electrons. The summed E-state index contributed by atoms with van der Waals surface area (Å²) in [5.41, 5.74) is 4.85. The van der Waals surface area contributed by atoms with Crippen LogP contribution in [-0.2, 0) is 12.7 Å². The van der Waals surface area contributed by atoms with Crippen LogP contribution in [0.3, 0.4) is 0 Å². The molecule has 0 saturated heterocycles. The molecule has 2 aromatic heterocycles. The van der Waals surface area contributed by atoms with Crippen LogP contribution in [0.2, 0.25) is 0 Å². The predicted molar refractivity (Wildman–Crippen MR) is 86.5 cm³/mol. The van der Waals surface area contributed by atoms with E-state index in [0.29, 0.717) is 17.3 Å². The van der Waals surface area contributed by atoms with Crippen LogP contribution in [0, 0.1) is 0 Å². The van der Waals surface area contributed by atoms with E-state index in [9.17, 15) is 18.0 Å². The maximum absolute atomic E-state index is 12.8. The topological polar surface area (TPSA) is 94.0 Å². The van der Waals surface area contributed by atoms with Crippen molar-refractivity contribution in [3.05, 3.63) is 51.9 Å². The zero-order valence-electron chi connectivity index (χ0n) is 12.4. The first kappa shape index (κ1) is 17.2. The van der Waals surface area contributed by atoms with Gasteiger partial charge in [-0.2, -0.15) is 13.2 Å². The Morgan fingerprint density at radius 2 is 2.04 bits per heavy atom. The minimum Gasteiger partial charge on any atom is -0.397 e. The summed E-state index contributed by atoms with van der Waals surface area (Å²) in [6, 6.07) is 7.73. The molecule has 6 nitrogen and oxygen atoms in total. The van der Waals surface area contributed by atoms with Gasteiger partial charge in [-0.15, -0.1) is 0 Å². The van der Waals surface area contributed by atoms with Gasteiger partial charge in [0.05, 0.1) is 17.8 Å². The summed E-state index contributed by atoms with van der Waals surface area (Å²) in [5.74, 6) is -0.723. The zero-order valence-corrected chi connectivity index (χ0v) is 14.0. The van der Waals surface area contributed by atoms with Crippen molar-refractivity contribution < 1.29 is 22.5 Å². The molecule has 0 fully saturated rings. The lowest BCUT2D eigenvalue weighted by Crippen LogP contribution is -2.26. The Morgan fingerprint density at radius 1 is 1.32 bits per heavy atom. The van der Waals surface area contributed by atoms with E-state index in [-0.39, 0.29) is 17.9 Å². The Morgan fingerprint density at radius 3 is 2.76 bits per heavy atom. The van der Waals surface area contributed by atoms with Crippen LogP contribution in [-0.4, -0.2) is 16.0 Å². The van der Waals surface area contributed by atoms with Gasteiger partial charge in [-0.25, -0.2) is 4.98 Å². The third kappa shape index (κ3) is 3.43. The molecule has 3 N–H and O–H groups in total. The number of anilines is 1. The number of amides is 1. The van der Waals surface area contributed by atoms with Crippen LogP contribution in [0.4, 0.5) is 18.9 Å². The number of nitrogens with one attached hydrogen (secondary N) is 1. The van der Waals surface area contributed by atoms with Crippen molar-refractivity contribution in [3.8, 4) is 0 Å². The van der Waals surface area contributed by atoms with E-state index in [2.05, 4.69) is 31.4 Å². The molecule has 0 spiro atoms. The maximum Gasteiger partial charge on any atom is 0.419 e. The Hall–Kier alpha value is -2.62. The number of fused-ring (bicyclic) bond motifs is 1. The summed E-state index contributed by atoms with van der Waals surface area (Å²) < 4.78 is 43.0. The number of halogens is 4. The number of aromatic nitrogens is 2. The number of benzene rings is 1. The summed E-state index contributed by atoms with van der Waals surface area (Å²) in [5, 5.41) is 7.08. The zero-order chi connectivity index (χ0) is 18.2. The van der Waals surface area contributed by atoms with Gasteiger partial charge < -0.3 is 15.6 Å². The quantitative estimate of drug-likeness (QED) is 0.639. The van der Waals surface area contributed by atoms with Crippen LogP contribution in [0.15, 0.2) is 39.5 Å². The summed E-state index contributed by atoms with van der Waals surface area (Å²) in [7, 11) is 0. The number of alkyl halides is 3. The molecule has 0 atom stereocenters. The Bertz CT molecular complexity index is 956. The number of carbonyl (C=O) groups excluding carboxylic acids is 1. The molecule has 10 heteroatoms. The van der Waals surface area contributed by atoms with Gasteiger partial charge in [0, 0.05) is 5.39 Å². The highest BCUT2D eigenvalue weighted by Crippen LogP contribution is 2.35. The standard InChI is InChI=1S/C15H10BrF3N4O2/c16-13-8(15(17,18)19)5-9(20)12(22-13)14(24)21-6-10-7-3-1-2-4-11(7)25-23-10/h1-5H,6,20H2,(H,21,24). The Labute approximate surface area is 147 Å². The van der Waals surface area contributed by atoms with Crippen molar-refractivity contribution in [1.82, 2.24) is 15.5 Å². The Balaban J connectivity index is 1.81. The van der Waals surface area contributed by atoms with Crippen LogP contribution >= 0.6 is 15.9 Å². The fraction of sp³-hybridized carbons (Fsp3) is 0.133. The van der Waals surface area contributed by atoms with Crippen molar-refractivity contribution in [1.29, 1.82) is 0 Å². The maximum atomic E-state index is 12.8. The summed E-state index contributed by atoms with van der Waals surface area (Å²) in [6.45, 7) is 0.00953. The number of carbonyl (C=O) groups is 1. The first-order chi connectivity index (χ1) is 11.8. The number of nitrogens with zero attached hydrogens (tertiary/aromatic N) is 2. The smallest absolute Gasteiger partial charge is 0.397 e. The van der Waals surface area contributed by atoms with Crippen LogP contribution < -0.4 is 11.1 Å². The molecule has 2 heterocycles. The van der Waals surface area contributed by atoms with Gasteiger partial charge in [-0.05, 0) is 34.1 Å². The highest BCUT2D eigenvalue weighted by molar-refractivity contribution is 9.10. The molecule has 0 bridgehead atoms. The fourth-order valence-electron chi connectivity index (χ4n) is 2.20. The van der Waals surface area contributed by atoms with Gasteiger partial charge in [0.15, 0.2) is 11.3 Å². The van der Waals surface area contributed by atoms with Crippen LogP contribution in [0.5, 0.6) is 0 Å². The molecule has 25 heavy (non-hydrogen) atoms. The highest BCUT2D eigenvalue weighted by Gasteiger charge is 2.35. The largest absolute Gasteiger partial charge is 0.419 e. The van der Waals surface area contributed by atoms with E-state index in [0.717, 1.165) is 5.39 Å². The van der Waals surface area contributed by atoms with Crippen molar-refractivity contribution in [2.75, 3.05) is 5.73 Å². The molecule has 3 rings (SSSR count). The lowest BCUT2D eigenvalue weighted by atomic mass is 10.2. The monoisotopic (exact) mass is 414 g/mol. The number of para-hydroxylation sites is 1. The molecule has 0 saturated carbocycles. The third-order valence-electron chi connectivity index (χ3n) is 3.39. The van der Waals surface area contributed by atoms with E-state index in [1.54, 1.807) is 24.3 Å². The molecular weight excluding hydrogens is 405 g/mol. The highest BCUT2D eigenvalue weighted by atomic mass is 79.9. The number of rotatable bonds is 3. The first-order valence-corrected chi connectivity index (χ1v) is 7.71. The summed E-state index contributed by atoms with van der Waals surface area (Å²) >= 11 is 2.71. The third-order valence-corrected chi connectivity index (χ3v) is 4.00. The van der Waals surface area contributed by atoms with Gasteiger partial charge in [0.25, 0.3) is 5.91 Å². The van der Waals surface area contributed by atoms with Crippen molar-refractivity contribution in [2.45, 2.75) is 12.7 Å². The molecule has 0 aliphatic carbocycles. The van der Waals surface area contributed by atoms with E-state index in [4.69, 9.17) is 10.3 Å². The van der Waals surface area contributed by atoms with E-state index in [1.807, 2.05) is 0 Å². The minimum absolute atomic E-state index is 0.00953. The van der Waals surface area contributed by atoms with Crippen molar-refractivity contribution >= 4 is 38.5 Å². The van der Waals surface area contributed by atoms with E-state index in [1.165, 1.54) is 0 Å². The normalized spacial score (nSPS) is 11.7. The average molecular weight is 415 g/mol. The van der Waals surface area contributed by atoms with Gasteiger partial charge in [-0.1, -0.05) is 17.3 Å². The predicted octanol–water partition coefficient (Wildman–Crippen LogP) is 3.52. The van der Waals surface area contributed by atoms with Crippen molar-refractivity contribution in [3.63, 3.8) is 0 Å². The van der Waals surface area contributed by atoms with Crippen molar-refractivity contribution in [2.24, 2.45) is 0 Å². The summed E-state index contributed by atoms with van der Waals surface area (Å²) in [4.78, 5) is 15.8. The van der Waals surface area contributed by atoms with Gasteiger partial charge in [0.1, 0.15) is 10.3 Å². The summed E-state index contributed by atoms with van der Waals surface area (Å²) in [6.07, 6.45) is -4.63. The second-order valence-electron chi connectivity index (χ2n) is 5.07. The lowest BCUT2D eigenvalue weighted by molar-refractivity contribution is -0.138. The second kappa shape index (κ2) is 6.36. The molecule has 130 valence electrons. The van der Waals surface area contributed by atoms with Gasteiger partial charge >= 0.3 is 6.18 Å². The van der Waals surface area contributed by atoms with Crippen LogP contribution in [0.25, 0.3) is 11.0 Å². The number of nitrogens with two attached hydrogens (primary N) is 1. The number of nitrogen functional groups attached to an aromatic ring is 1. The van der Waals surface area contributed by atoms with E-state index >= 15 is 0 Å². The van der Waals surface area contributed by atoms with Crippen LogP contribution in [0.1, 0.15) is 21.7 Å². The first-order valence-electron chi connectivity index (χ1n) is 6.92. The molecule has 3 aromatic rings. The van der Waals surface area contributed by atoms with E-state index < -0.39 is 22.3 Å². The molecule has 1 amide bonds. The molecule has 1 aromatic carbocycles. The molecule has 0 aliphatic heterocycles. The minimum atomic E-state index is -4.63. The Kier molecular flexibility index (Phi) is 4.38. The SMILES string of the molecule is Nc1cc(C(F)(F)F)c(Br)nc1C(=O)NCc1noc2ccccc12. The van der Waals surface area contributed by atoms with Gasteiger partial charge in [0.2, 0.25) is 0 Å². The number of hydrogen-bond donors (Lipinski definition) is 2. The van der Waals surface area contributed by atoms with Gasteiger partial charge in [-0.3, -0.25) is 4.79 Å². The molecule has 0 unspecified atom stereocenters. The lowest BCUT2D eigenvalue weighted by Gasteiger charge is -2.12. The molecule has 0 aliphatic rings. The molecular formula is C15H10BrF3N4O2.